The van der Waals surface area contributed by atoms with Crippen LogP contribution < -0.4 is 5.32 Å². The number of pyridine rings is 1. The summed E-state index contributed by atoms with van der Waals surface area (Å²) < 4.78 is 5.34. The second-order valence-corrected chi connectivity index (χ2v) is 4.27. The van der Waals surface area contributed by atoms with E-state index >= 15 is 0 Å². The van der Waals surface area contributed by atoms with E-state index in [1.165, 1.54) is 6.08 Å². The average Bonchev–Trinajstić information content (AvgIpc) is 2.83. The third-order valence-corrected chi connectivity index (χ3v) is 2.65. The number of carbonyl (C=O) groups excluding carboxylic acids is 1. The Kier molecular flexibility index (Phi) is 4.13. The van der Waals surface area contributed by atoms with Crippen molar-refractivity contribution in [3.63, 3.8) is 0 Å². The van der Waals surface area contributed by atoms with Crippen LogP contribution in [0.3, 0.4) is 0 Å². The number of aromatic nitrogens is 1. The molecule has 4 nitrogen and oxygen atoms in total. The van der Waals surface area contributed by atoms with Gasteiger partial charge in [0.25, 0.3) is 0 Å². The fourth-order valence-electron chi connectivity index (χ4n) is 1.67. The Bertz CT molecular complexity index is 573. The molecule has 0 aliphatic heterocycles. The molecule has 0 radical (unpaired) electrons. The smallest absolute Gasteiger partial charge is 0.244 e. The van der Waals surface area contributed by atoms with Crippen LogP contribution in [0.25, 0.3) is 6.08 Å². The highest BCUT2D eigenvalue weighted by atomic mass is 16.3. The van der Waals surface area contributed by atoms with E-state index in [9.17, 15) is 4.79 Å². The standard InChI is InChI=1S/C15H16N2O2/c1-11-6-7-13(19-11)8-9-15(18)17-12(2)14-5-3-4-10-16-14/h3-10,12H,1-2H3,(H,17,18). The van der Waals surface area contributed by atoms with Crippen molar-refractivity contribution in [3.05, 3.63) is 59.8 Å². The lowest BCUT2D eigenvalue weighted by molar-refractivity contribution is -0.117. The fraction of sp³-hybridized carbons (Fsp3) is 0.200. The van der Waals surface area contributed by atoms with Crippen molar-refractivity contribution in [2.45, 2.75) is 19.9 Å². The lowest BCUT2D eigenvalue weighted by Gasteiger charge is -2.11. The van der Waals surface area contributed by atoms with E-state index in [1.54, 1.807) is 12.3 Å². The zero-order valence-corrected chi connectivity index (χ0v) is 11.0. The van der Waals surface area contributed by atoms with Crippen molar-refractivity contribution >= 4 is 12.0 Å². The van der Waals surface area contributed by atoms with E-state index in [4.69, 9.17) is 4.42 Å². The van der Waals surface area contributed by atoms with Crippen molar-refractivity contribution in [1.82, 2.24) is 10.3 Å². The molecule has 1 N–H and O–H groups in total. The Hall–Kier alpha value is -2.36. The van der Waals surface area contributed by atoms with E-state index in [2.05, 4.69) is 10.3 Å². The summed E-state index contributed by atoms with van der Waals surface area (Å²) in [6.07, 6.45) is 4.81. The minimum atomic E-state index is -0.174. The predicted octanol–water partition coefficient (Wildman–Crippen LogP) is 2.87. The Morgan fingerprint density at radius 3 is 2.84 bits per heavy atom. The molecule has 2 aromatic rings. The molecule has 0 fully saturated rings. The lowest BCUT2D eigenvalue weighted by atomic mass is 10.2. The Balaban J connectivity index is 1.93. The zero-order chi connectivity index (χ0) is 13.7. The van der Waals surface area contributed by atoms with E-state index in [-0.39, 0.29) is 11.9 Å². The van der Waals surface area contributed by atoms with Gasteiger partial charge in [0.2, 0.25) is 5.91 Å². The fourth-order valence-corrected chi connectivity index (χ4v) is 1.67. The van der Waals surface area contributed by atoms with Crippen molar-refractivity contribution in [3.8, 4) is 0 Å². The number of nitrogens with one attached hydrogen (secondary N) is 1. The van der Waals surface area contributed by atoms with Crippen LogP contribution in [0.4, 0.5) is 0 Å². The van der Waals surface area contributed by atoms with E-state index < -0.39 is 0 Å². The van der Waals surface area contributed by atoms with Crippen molar-refractivity contribution in [1.29, 1.82) is 0 Å². The first-order chi connectivity index (χ1) is 9.15. The van der Waals surface area contributed by atoms with Crippen LogP contribution in [0.2, 0.25) is 0 Å². The van der Waals surface area contributed by atoms with Crippen LogP contribution in [-0.4, -0.2) is 10.9 Å². The SMILES string of the molecule is Cc1ccc(C=CC(=O)NC(C)c2ccccn2)o1. The summed E-state index contributed by atoms with van der Waals surface area (Å²) in [5.74, 6) is 1.31. The van der Waals surface area contributed by atoms with E-state index in [0.717, 1.165) is 11.5 Å². The minimum absolute atomic E-state index is 0.128. The molecule has 4 heteroatoms. The summed E-state index contributed by atoms with van der Waals surface area (Å²) in [6.45, 7) is 3.76. The molecule has 1 atom stereocenters. The number of carbonyl (C=O) groups is 1. The van der Waals surface area contributed by atoms with Gasteiger partial charge in [0.1, 0.15) is 11.5 Å². The summed E-state index contributed by atoms with van der Waals surface area (Å²) in [6, 6.07) is 9.17. The van der Waals surface area contributed by atoms with Crippen LogP contribution in [-0.2, 0) is 4.79 Å². The molecule has 98 valence electrons. The number of nitrogens with zero attached hydrogens (tertiary/aromatic N) is 1. The molecule has 0 spiro atoms. The second kappa shape index (κ2) is 6.00. The van der Waals surface area contributed by atoms with Crippen molar-refractivity contribution in [2.24, 2.45) is 0 Å². The van der Waals surface area contributed by atoms with Gasteiger partial charge in [-0.05, 0) is 44.2 Å². The Morgan fingerprint density at radius 1 is 1.37 bits per heavy atom. The number of rotatable bonds is 4. The summed E-state index contributed by atoms with van der Waals surface area (Å²) in [5.41, 5.74) is 0.832. The normalized spacial score (nSPS) is 12.5. The topological polar surface area (TPSA) is 55.1 Å². The molecule has 0 saturated carbocycles. The van der Waals surface area contributed by atoms with Crippen molar-refractivity contribution in [2.75, 3.05) is 0 Å². The molecule has 0 aromatic carbocycles. The maximum Gasteiger partial charge on any atom is 0.244 e. The second-order valence-electron chi connectivity index (χ2n) is 4.27. The third-order valence-electron chi connectivity index (χ3n) is 2.65. The number of hydrogen-bond acceptors (Lipinski definition) is 3. The molecule has 2 rings (SSSR count). The molecular formula is C15H16N2O2. The largest absolute Gasteiger partial charge is 0.462 e. The van der Waals surface area contributed by atoms with Gasteiger partial charge < -0.3 is 9.73 Å². The molecule has 0 bridgehead atoms. The maximum absolute atomic E-state index is 11.7. The van der Waals surface area contributed by atoms with Gasteiger partial charge in [0, 0.05) is 12.3 Å². The van der Waals surface area contributed by atoms with Crippen LogP contribution in [0.5, 0.6) is 0 Å². The molecule has 19 heavy (non-hydrogen) atoms. The summed E-state index contributed by atoms with van der Waals surface area (Å²) in [7, 11) is 0. The molecule has 2 heterocycles. The first-order valence-corrected chi connectivity index (χ1v) is 6.11. The zero-order valence-electron chi connectivity index (χ0n) is 11.0. The summed E-state index contributed by atoms with van der Waals surface area (Å²) in [5, 5.41) is 2.84. The van der Waals surface area contributed by atoms with Gasteiger partial charge in [-0.1, -0.05) is 6.07 Å². The molecule has 0 saturated heterocycles. The summed E-state index contributed by atoms with van der Waals surface area (Å²) in [4.78, 5) is 15.9. The van der Waals surface area contributed by atoms with Crippen LogP contribution in [0, 0.1) is 6.92 Å². The van der Waals surface area contributed by atoms with Crippen LogP contribution >= 0.6 is 0 Å². The molecule has 1 unspecified atom stereocenters. The number of aryl methyl sites for hydroxylation is 1. The number of furan rings is 1. The molecule has 0 aliphatic carbocycles. The number of hydrogen-bond donors (Lipinski definition) is 1. The Morgan fingerprint density at radius 2 is 2.21 bits per heavy atom. The highest BCUT2D eigenvalue weighted by molar-refractivity contribution is 5.91. The van der Waals surface area contributed by atoms with Gasteiger partial charge in [-0.3, -0.25) is 9.78 Å². The van der Waals surface area contributed by atoms with Gasteiger partial charge in [-0.25, -0.2) is 0 Å². The van der Waals surface area contributed by atoms with E-state index in [1.807, 2.05) is 44.2 Å². The minimum Gasteiger partial charge on any atom is -0.462 e. The quantitative estimate of drug-likeness (QED) is 0.856. The van der Waals surface area contributed by atoms with Gasteiger partial charge in [-0.15, -0.1) is 0 Å². The molecule has 1 amide bonds. The van der Waals surface area contributed by atoms with Gasteiger partial charge in [0.05, 0.1) is 11.7 Å². The van der Waals surface area contributed by atoms with Gasteiger partial charge >= 0.3 is 0 Å². The lowest BCUT2D eigenvalue weighted by Crippen LogP contribution is -2.25. The number of amides is 1. The first-order valence-electron chi connectivity index (χ1n) is 6.11. The third kappa shape index (κ3) is 3.81. The maximum atomic E-state index is 11.7. The highest BCUT2D eigenvalue weighted by Crippen LogP contribution is 2.09. The highest BCUT2D eigenvalue weighted by Gasteiger charge is 2.07. The molecule has 0 aliphatic rings. The Labute approximate surface area is 112 Å². The van der Waals surface area contributed by atoms with Gasteiger partial charge in [0.15, 0.2) is 0 Å². The van der Waals surface area contributed by atoms with Gasteiger partial charge in [-0.2, -0.15) is 0 Å². The first kappa shape index (κ1) is 13.1. The molecular weight excluding hydrogens is 240 g/mol. The van der Waals surface area contributed by atoms with Crippen molar-refractivity contribution < 1.29 is 9.21 Å². The average molecular weight is 256 g/mol. The molecule has 2 aromatic heterocycles. The summed E-state index contributed by atoms with van der Waals surface area (Å²) >= 11 is 0. The van der Waals surface area contributed by atoms with E-state index in [0.29, 0.717) is 5.76 Å². The van der Waals surface area contributed by atoms with Crippen LogP contribution in [0.15, 0.2) is 47.0 Å². The predicted molar refractivity (Wildman–Crippen MR) is 73.3 cm³/mol. The monoisotopic (exact) mass is 256 g/mol. The van der Waals surface area contributed by atoms with Crippen LogP contribution in [0.1, 0.15) is 30.2 Å².